The maximum absolute atomic E-state index is 13.3. The molecule has 0 radical (unpaired) electrons. The number of hydrogen-bond donors (Lipinski definition) is 1. The fourth-order valence-corrected chi connectivity index (χ4v) is 3.52. The van der Waals surface area contributed by atoms with Crippen LogP contribution in [0.2, 0.25) is 0 Å². The van der Waals surface area contributed by atoms with Gasteiger partial charge in [0.2, 0.25) is 5.91 Å². The molecule has 2 amide bonds. The van der Waals surface area contributed by atoms with Crippen LogP contribution in [0.15, 0.2) is 54.7 Å². The number of halogens is 1. The molecule has 6 nitrogen and oxygen atoms in total. The molecule has 154 valence electrons. The third-order valence-electron chi connectivity index (χ3n) is 5.18. The highest BCUT2D eigenvalue weighted by molar-refractivity contribution is 6.00. The van der Waals surface area contributed by atoms with Crippen molar-refractivity contribution in [3.63, 3.8) is 0 Å². The summed E-state index contributed by atoms with van der Waals surface area (Å²) in [4.78, 5) is 26.8. The van der Waals surface area contributed by atoms with Gasteiger partial charge in [0.15, 0.2) is 0 Å². The fourth-order valence-electron chi connectivity index (χ4n) is 3.52. The average Bonchev–Trinajstić information content (AvgIpc) is 3.46. The summed E-state index contributed by atoms with van der Waals surface area (Å²) in [6.45, 7) is 1.87. The number of para-hydroxylation sites is 1. The van der Waals surface area contributed by atoms with Crippen LogP contribution in [0.25, 0.3) is 5.69 Å². The quantitative estimate of drug-likeness (QED) is 0.675. The Morgan fingerprint density at radius 3 is 2.67 bits per heavy atom. The van der Waals surface area contributed by atoms with E-state index in [1.807, 2.05) is 35.9 Å². The number of benzene rings is 2. The smallest absolute Gasteiger partial charge is 0.257 e. The molecular formula is C23H23FN4O2. The summed E-state index contributed by atoms with van der Waals surface area (Å²) in [5.41, 5.74) is 3.79. The van der Waals surface area contributed by atoms with Crippen molar-refractivity contribution in [1.82, 2.24) is 14.7 Å². The summed E-state index contributed by atoms with van der Waals surface area (Å²) >= 11 is 0. The molecule has 1 aliphatic carbocycles. The van der Waals surface area contributed by atoms with Gasteiger partial charge in [-0.1, -0.05) is 24.3 Å². The van der Waals surface area contributed by atoms with E-state index < -0.39 is 11.7 Å². The molecule has 0 saturated heterocycles. The first-order valence-corrected chi connectivity index (χ1v) is 9.89. The Morgan fingerprint density at radius 2 is 1.97 bits per heavy atom. The lowest BCUT2D eigenvalue weighted by Crippen LogP contribution is -2.35. The molecule has 0 spiro atoms. The third kappa shape index (κ3) is 4.10. The summed E-state index contributed by atoms with van der Waals surface area (Å²) in [5, 5.41) is 7.11. The van der Waals surface area contributed by atoms with Gasteiger partial charge in [-0.05, 0) is 49.6 Å². The molecule has 1 fully saturated rings. The second-order valence-electron chi connectivity index (χ2n) is 7.64. The molecule has 1 saturated carbocycles. The normalized spacial score (nSPS) is 13.2. The lowest BCUT2D eigenvalue weighted by molar-refractivity contribution is -0.116. The fraction of sp³-hybridized carbons (Fsp3) is 0.261. The highest BCUT2D eigenvalue weighted by Gasteiger charge is 2.34. The molecule has 7 heteroatoms. The Bertz CT molecular complexity index is 1100. The van der Waals surface area contributed by atoms with Crippen LogP contribution < -0.4 is 5.32 Å². The number of nitrogens with zero attached hydrogens (tertiary/aromatic N) is 3. The van der Waals surface area contributed by atoms with Gasteiger partial charge in [-0.25, -0.2) is 9.07 Å². The molecule has 0 aliphatic heterocycles. The molecule has 30 heavy (non-hydrogen) atoms. The number of aromatic nitrogens is 2. The topological polar surface area (TPSA) is 67.2 Å². The maximum atomic E-state index is 13.3. The number of rotatable bonds is 6. The van der Waals surface area contributed by atoms with Gasteiger partial charge in [0.1, 0.15) is 5.82 Å². The number of carbonyl (C=O) groups is 2. The standard InChI is InChI=1S/C23H23FN4O2/c1-15-6-3-4-9-20(15)28-22(16-10-11-16)19(13-25-28)23(30)27(2)14-21(29)26-18-8-5-7-17(24)12-18/h3-9,12-13,16H,10-11,14H2,1-2H3,(H,26,29). The molecule has 0 unspecified atom stereocenters. The van der Waals surface area contributed by atoms with Gasteiger partial charge in [0, 0.05) is 18.7 Å². The van der Waals surface area contributed by atoms with Crippen molar-refractivity contribution in [1.29, 1.82) is 0 Å². The zero-order chi connectivity index (χ0) is 21.3. The van der Waals surface area contributed by atoms with Crippen molar-refractivity contribution in [3.8, 4) is 5.69 Å². The van der Waals surface area contributed by atoms with E-state index in [1.165, 1.54) is 23.1 Å². The highest BCUT2D eigenvalue weighted by Crippen LogP contribution is 2.43. The monoisotopic (exact) mass is 406 g/mol. The number of hydrogen-bond acceptors (Lipinski definition) is 3. The van der Waals surface area contributed by atoms with Crippen molar-refractivity contribution in [2.24, 2.45) is 0 Å². The van der Waals surface area contributed by atoms with Crippen LogP contribution in [0.5, 0.6) is 0 Å². The van der Waals surface area contributed by atoms with Crippen molar-refractivity contribution in [2.75, 3.05) is 18.9 Å². The number of likely N-dealkylation sites (N-methyl/N-ethyl adjacent to an activating group) is 1. The third-order valence-corrected chi connectivity index (χ3v) is 5.18. The van der Waals surface area contributed by atoms with E-state index in [-0.39, 0.29) is 12.5 Å². The summed E-state index contributed by atoms with van der Waals surface area (Å²) in [7, 11) is 1.58. The Kier molecular flexibility index (Phi) is 5.35. The molecule has 1 N–H and O–H groups in total. The van der Waals surface area contributed by atoms with Crippen LogP contribution in [0.1, 0.15) is 40.4 Å². The van der Waals surface area contributed by atoms with E-state index in [2.05, 4.69) is 10.4 Å². The number of nitrogens with one attached hydrogen (secondary N) is 1. The minimum Gasteiger partial charge on any atom is -0.332 e. The van der Waals surface area contributed by atoms with E-state index >= 15 is 0 Å². The lowest BCUT2D eigenvalue weighted by atomic mass is 10.1. The van der Waals surface area contributed by atoms with Crippen LogP contribution in [0.3, 0.4) is 0 Å². The Balaban J connectivity index is 1.53. The molecular weight excluding hydrogens is 383 g/mol. The first-order chi connectivity index (χ1) is 14.4. The largest absolute Gasteiger partial charge is 0.332 e. The molecule has 4 rings (SSSR count). The molecule has 0 atom stereocenters. The van der Waals surface area contributed by atoms with Gasteiger partial charge >= 0.3 is 0 Å². The van der Waals surface area contributed by atoms with Crippen molar-refractivity contribution < 1.29 is 14.0 Å². The molecule has 3 aromatic rings. The summed E-state index contributed by atoms with van der Waals surface area (Å²) < 4.78 is 15.1. The second-order valence-corrected chi connectivity index (χ2v) is 7.64. The van der Waals surface area contributed by atoms with E-state index in [4.69, 9.17) is 0 Å². The van der Waals surface area contributed by atoms with Crippen LogP contribution in [-0.4, -0.2) is 40.1 Å². The minimum absolute atomic E-state index is 0.144. The van der Waals surface area contributed by atoms with Crippen LogP contribution in [0, 0.1) is 12.7 Å². The molecule has 1 aromatic heterocycles. The van der Waals surface area contributed by atoms with Crippen LogP contribution in [-0.2, 0) is 4.79 Å². The summed E-state index contributed by atoms with van der Waals surface area (Å²) in [5.74, 6) is -0.794. The zero-order valence-electron chi connectivity index (χ0n) is 16.9. The Labute approximate surface area is 174 Å². The average molecular weight is 406 g/mol. The second kappa shape index (κ2) is 8.10. The molecule has 0 bridgehead atoms. The van der Waals surface area contributed by atoms with Crippen LogP contribution in [0.4, 0.5) is 10.1 Å². The Morgan fingerprint density at radius 1 is 1.20 bits per heavy atom. The van der Waals surface area contributed by atoms with Gasteiger partial charge in [0.25, 0.3) is 5.91 Å². The van der Waals surface area contributed by atoms with Gasteiger partial charge in [0.05, 0.1) is 29.7 Å². The molecule has 1 heterocycles. The number of amides is 2. The van der Waals surface area contributed by atoms with Gasteiger partial charge in [-0.15, -0.1) is 0 Å². The highest BCUT2D eigenvalue weighted by atomic mass is 19.1. The van der Waals surface area contributed by atoms with E-state index in [1.54, 1.807) is 19.3 Å². The zero-order valence-corrected chi connectivity index (χ0v) is 16.9. The maximum Gasteiger partial charge on any atom is 0.257 e. The van der Waals surface area contributed by atoms with Crippen molar-refractivity contribution >= 4 is 17.5 Å². The predicted octanol–water partition coefficient (Wildman–Crippen LogP) is 3.91. The van der Waals surface area contributed by atoms with E-state index in [0.717, 1.165) is 29.8 Å². The number of carbonyl (C=O) groups excluding carboxylic acids is 2. The number of aryl methyl sites for hydroxylation is 1. The lowest BCUT2D eigenvalue weighted by Gasteiger charge is -2.18. The molecule has 2 aromatic carbocycles. The Hall–Kier alpha value is -3.48. The minimum atomic E-state index is -0.435. The number of anilines is 1. The first-order valence-electron chi connectivity index (χ1n) is 9.89. The van der Waals surface area contributed by atoms with Crippen molar-refractivity contribution in [2.45, 2.75) is 25.7 Å². The van der Waals surface area contributed by atoms with Gasteiger partial charge < -0.3 is 10.2 Å². The van der Waals surface area contributed by atoms with Gasteiger partial charge in [-0.3, -0.25) is 9.59 Å². The predicted molar refractivity (Wildman–Crippen MR) is 112 cm³/mol. The summed E-state index contributed by atoms with van der Waals surface area (Å²) in [6, 6.07) is 13.6. The van der Waals surface area contributed by atoms with E-state index in [9.17, 15) is 14.0 Å². The van der Waals surface area contributed by atoms with Gasteiger partial charge in [-0.2, -0.15) is 5.10 Å². The SMILES string of the molecule is Cc1ccccc1-n1ncc(C(=O)N(C)CC(=O)Nc2cccc(F)c2)c1C1CC1. The van der Waals surface area contributed by atoms with E-state index in [0.29, 0.717) is 17.2 Å². The van der Waals surface area contributed by atoms with Crippen LogP contribution >= 0.6 is 0 Å². The first kappa shape index (κ1) is 19.8. The van der Waals surface area contributed by atoms with Crippen molar-refractivity contribution in [3.05, 3.63) is 77.4 Å². The summed E-state index contributed by atoms with van der Waals surface area (Å²) in [6.07, 6.45) is 3.62. The molecule has 1 aliphatic rings.